The molecule has 2 aromatic heterocycles. The Bertz CT molecular complexity index is 897. The molecular weight excluding hydrogens is 366 g/mol. The Labute approximate surface area is 170 Å². The number of aromatic amines is 1. The first-order valence-electron chi connectivity index (χ1n) is 10.8. The largest absolute Gasteiger partial charge is 0.379 e. The highest BCUT2D eigenvalue weighted by molar-refractivity contribution is 5.80. The van der Waals surface area contributed by atoms with Gasteiger partial charge in [0.15, 0.2) is 0 Å². The minimum Gasteiger partial charge on any atom is -0.379 e. The summed E-state index contributed by atoms with van der Waals surface area (Å²) in [7, 11) is 0. The van der Waals surface area contributed by atoms with Crippen LogP contribution in [0.3, 0.4) is 0 Å². The molecule has 0 saturated carbocycles. The van der Waals surface area contributed by atoms with Gasteiger partial charge in [-0.1, -0.05) is 23.3 Å². The van der Waals surface area contributed by atoms with Crippen LogP contribution >= 0.6 is 0 Å². The van der Waals surface area contributed by atoms with Crippen molar-refractivity contribution in [3.05, 3.63) is 36.0 Å². The number of aryl methyl sites for hydroxylation is 1. The fourth-order valence-electron chi connectivity index (χ4n) is 4.57. The van der Waals surface area contributed by atoms with Gasteiger partial charge in [-0.05, 0) is 47.2 Å². The number of hydrogen-bond donors (Lipinski definition) is 1. The molecule has 5 rings (SSSR count). The lowest BCUT2D eigenvalue weighted by Gasteiger charge is -2.32. The Morgan fingerprint density at radius 3 is 2.90 bits per heavy atom. The number of nitrogens with one attached hydrogen (secondary N) is 1. The average Bonchev–Trinajstić information content (AvgIpc) is 3.42. The number of morpholine rings is 1. The van der Waals surface area contributed by atoms with Crippen molar-refractivity contribution in [1.29, 1.82) is 0 Å². The van der Waals surface area contributed by atoms with Gasteiger partial charge < -0.3 is 14.6 Å². The standard InChI is InChI=1S/C21H29N7O/c1-2-7-19-17(5-1)15-20(22-19)18-6-3-9-27(16-18)21-23-24-25-28(21)10-4-8-26-11-13-29-14-12-26/h1-2,5,7,15,18,22H,3-4,6,8-14,16H2. The van der Waals surface area contributed by atoms with Crippen LogP contribution in [-0.2, 0) is 11.3 Å². The number of para-hydroxylation sites is 1. The molecule has 29 heavy (non-hydrogen) atoms. The lowest BCUT2D eigenvalue weighted by atomic mass is 9.95. The molecule has 8 heteroatoms. The molecule has 3 aromatic rings. The van der Waals surface area contributed by atoms with Gasteiger partial charge in [0, 0.05) is 56.4 Å². The highest BCUT2D eigenvalue weighted by Crippen LogP contribution is 2.30. The highest BCUT2D eigenvalue weighted by atomic mass is 16.5. The SMILES string of the molecule is c1ccc2[nH]c(C3CCCN(c4nnnn4CCCN4CCOCC4)C3)cc2c1. The third kappa shape index (κ3) is 4.13. The molecule has 8 nitrogen and oxygen atoms in total. The summed E-state index contributed by atoms with van der Waals surface area (Å²) in [6.45, 7) is 7.64. The number of H-pyrrole nitrogens is 1. The van der Waals surface area contributed by atoms with E-state index in [9.17, 15) is 0 Å². The lowest BCUT2D eigenvalue weighted by molar-refractivity contribution is 0.0368. The summed E-state index contributed by atoms with van der Waals surface area (Å²) in [6.07, 6.45) is 3.40. The summed E-state index contributed by atoms with van der Waals surface area (Å²) in [4.78, 5) is 8.43. The molecule has 0 bridgehead atoms. The Kier molecular flexibility index (Phi) is 5.45. The number of hydrogen-bond acceptors (Lipinski definition) is 6. The molecule has 154 valence electrons. The first kappa shape index (κ1) is 18.6. The molecule has 0 spiro atoms. The number of benzene rings is 1. The fourth-order valence-corrected chi connectivity index (χ4v) is 4.57. The number of fused-ring (bicyclic) bond motifs is 1. The number of aromatic nitrogens is 5. The molecule has 1 atom stereocenters. The van der Waals surface area contributed by atoms with Crippen LogP contribution < -0.4 is 4.90 Å². The van der Waals surface area contributed by atoms with E-state index in [1.165, 1.54) is 23.0 Å². The van der Waals surface area contributed by atoms with Crippen molar-refractivity contribution >= 4 is 16.9 Å². The summed E-state index contributed by atoms with van der Waals surface area (Å²) in [5.41, 5.74) is 2.54. The van der Waals surface area contributed by atoms with E-state index < -0.39 is 0 Å². The molecule has 1 aromatic carbocycles. The van der Waals surface area contributed by atoms with Crippen molar-refractivity contribution < 1.29 is 4.74 Å². The smallest absolute Gasteiger partial charge is 0.245 e. The molecule has 2 fully saturated rings. The van der Waals surface area contributed by atoms with Crippen molar-refractivity contribution in [3.63, 3.8) is 0 Å². The van der Waals surface area contributed by atoms with E-state index in [0.29, 0.717) is 5.92 Å². The molecule has 2 aliphatic rings. The second-order valence-corrected chi connectivity index (χ2v) is 8.11. The zero-order valence-electron chi connectivity index (χ0n) is 16.8. The van der Waals surface area contributed by atoms with Crippen molar-refractivity contribution in [2.24, 2.45) is 0 Å². The van der Waals surface area contributed by atoms with E-state index in [1.807, 2.05) is 4.68 Å². The van der Waals surface area contributed by atoms with Crippen LogP contribution in [0, 0.1) is 0 Å². The molecule has 1 unspecified atom stereocenters. The van der Waals surface area contributed by atoms with Crippen LogP contribution in [0.5, 0.6) is 0 Å². The molecular formula is C21H29N7O. The van der Waals surface area contributed by atoms with Crippen molar-refractivity contribution in [3.8, 4) is 0 Å². The monoisotopic (exact) mass is 395 g/mol. The molecule has 0 radical (unpaired) electrons. The molecule has 2 aliphatic heterocycles. The predicted octanol–water partition coefficient (Wildman–Crippen LogP) is 2.26. The van der Waals surface area contributed by atoms with E-state index in [1.54, 1.807) is 0 Å². The van der Waals surface area contributed by atoms with E-state index in [-0.39, 0.29) is 0 Å². The highest BCUT2D eigenvalue weighted by Gasteiger charge is 2.26. The summed E-state index contributed by atoms with van der Waals surface area (Å²) < 4.78 is 7.41. The molecule has 4 heterocycles. The van der Waals surface area contributed by atoms with Crippen molar-refractivity contribution in [2.75, 3.05) is 50.8 Å². The van der Waals surface area contributed by atoms with Gasteiger partial charge in [0.2, 0.25) is 5.95 Å². The summed E-state index contributed by atoms with van der Waals surface area (Å²) in [6, 6.07) is 10.8. The Hall–Kier alpha value is -2.45. The van der Waals surface area contributed by atoms with Gasteiger partial charge in [-0.15, -0.1) is 0 Å². The Morgan fingerprint density at radius 2 is 2.00 bits per heavy atom. The van der Waals surface area contributed by atoms with Gasteiger partial charge in [-0.25, -0.2) is 4.68 Å². The van der Waals surface area contributed by atoms with E-state index in [4.69, 9.17) is 4.74 Å². The van der Waals surface area contributed by atoms with Crippen LogP contribution in [0.1, 0.15) is 30.9 Å². The molecule has 0 aliphatic carbocycles. The summed E-state index contributed by atoms with van der Waals surface area (Å²) in [5.74, 6) is 1.39. The quantitative estimate of drug-likeness (QED) is 0.690. The minimum absolute atomic E-state index is 0.481. The van der Waals surface area contributed by atoms with Crippen LogP contribution in [0.4, 0.5) is 5.95 Å². The van der Waals surface area contributed by atoms with Gasteiger partial charge in [-0.2, -0.15) is 0 Å². The van der Waals surface area contributed by atoms with Crippen LogP contribution in [0.2, 0.25) is 0 Å². The lowest BCUT2D eigenvalue weighted by Crippen LogP contribution is -2.38. The summed E-state index contributed by atoms with van der Waals surface area (Å²) in [5, 5.41) is 13.9. The van der Waals surface area contributed by atoms with Crippen molar-refractivity contribution in [2.45, 2.75) is 31.7 Å². The van der Waals surface area contributed by atoms with Gasteiger partial charge in [-0.3, -0.25) is 4.90 Å². The van der Waals surface area contributed by atoms with E-state index in [2.05, 4.69) is 60.6 Å². The predicted molar refractivity (Wildman–Crippen MR) is 112 cm³/mol. The Morgan fingerprint density at radius 1 is 1.10 bits per heavy atom. The number of tetrazole rings is 1. The second kappa shape index (κ2) is 8.51. The third-order valence-corrected chi connectivity index (χ3v) is 6.16. The zero-order chi connectivity index (χ0) is 19.5. The normalized spacial score (nSPS) is 21.1. The van der Waals surface area contributed by atoms with Crippen LogP contribution in [-0.4, -0.2) is 76.0 Å². The minimum atomic E-state index is 0.481. The number of piperidine rings is 1. The Balaban J connectivity index is 1.23. The number of rotatable bonds is 6. The topological polar surface area (TPSA) is 75.1 Å². The molecule has 2 saturated heterocycles. The van der Waals surface area contributed by atoms with Gasteiger partial charge >= 0.3 is 0 Å². The first-order chi connectivity index (χ1) is 14.4. The molecule has 0 amide bonds. The maximum atomic E-state index is 5.43. The maximum Gasteiger partial charge on any atom is 0.245 e. The van der Waals surface area contributed by atoms with E-state index >= 15 is 0 Å². The maximum absolute atomic E-state index is 5.43. The third-order valence-electron chi connectivity index (χ3n) is 6.16. The number of nitrogens with zero attached hydrogens (tertiary/aromatic N) is 6. The van der Waals surface area contributed by atoms with Crippen LogP contribution in [0.25, 0.3) is 10.9 Å². The van der Waals surface area contributed by atoms with Crippen LogP contribution in [0.15, 0.2) is 30.3 Å². The number of ether oxygens (including phenoxy) is 1. The van der Waals surface area contributed by atoms with Gasteiger partial charge in [0.25, 0.3) is 0 Å². The average molecular weight is 396 g/mol. The zero-order valence-corrected chi connectivity index (χ0v) is 16.8. The van der Waals surface area contributed by atoms with Gasteiger partial charge in [0.1, 0.15) is 0 Å². The number of anilines is 1. The van der Waals surface area contributed by atoms with Gasteiger partial charge in [0.05, 0.1) is 13.2 Å². The fraction of sp³-hybridized carbons (Fsp3) is 0.571. The van der Waals surface area contributed by atoms with Crippen molar-refractivity contribution in [1.82, 2.24) is 30.1 Å². The summed E-state index contributed by atoms with van der Waals surface area (Å²) >= 11 is 0. The second-order valence-electron chi connectivity index (χ2n) is 8.11. The van der Waals surface area contributed by atoms with E-state index in [0.717, 1.165) is 71.3 Å². The first-order valence-corrected chi connectivity index (χ1v) is 10.8. The molecule has 1 N–H and O–H groups in total.